The lowest BCUT2D eigenvalue weighted by Crippen LogP contribution is -2.38. The molecule has 0 aromatic carbocycles. The average molecular weight is 275 g/mol. The van der Waals surface area contributed by atoms with Gasteiger partial charge in [0.2, 0.25) is 0 Å². The van der Waals surface area contributed by atoms with Gasteiger partial charge >= 0.3 is 0 Å². The lowest BCUT2D eigenvalue weighted by atomic mass is 9.96. The third-order valence-corrected chi connectivity index (χ3v) is 4.65. The molecule has 3 rings (SSSR count). The van der Waals surface area contributed by atoms with E-state index in [-0.39, 0.29) is 6.61 Å². The van der Waals surface area contributed by atoms with Crippen molar-refractivity contribution in [2.45, 2.75) is 32.3 Å². The number of anilines is 1. The number of hydrogen-bond donors (Lipinski definition) is 1. The van der Waals surface area contributed by atoms with Crippen molar-refractivity contribution in [3.05, 3.63) is 23.9 Å². The van der Waals surface area contributed by atoms with Crippen LogP contribution >= 0.6 is 0 Å². The molecule has 4 nitrogen and oxygen atoms in total. The van der Waals surface area contributed by atoms with Crippen molar-refractivity contribution in [2.75, 3.05) is 37.6 Å². The maximum atomic E-state index is 9.21. The van der Waals surface area contributed by atoms with Crippen LogP contribution in [0.15, 0.2) is 18.3 Å². The summed E-state index contributed by atoms with van der Waals surface area (Å²) >= 11 is 0. The van der Waals surface area contributed by atoms with Crippen LogP contribution in [-0.2, 0) is 6.61 Å². The van der Waals surface area contributed by atoms with Crippen molar-refractivity contribution in [3.8, 4) is 0 Å². The highest BCUT2D eigenvalue weighted by molar-refractivity contribution is 5.41. The van der Waals surface area contributed by atoms with Crippen molar-refractivity contribution in [2.24, 2.45) is 5.92 Å². The smallest absolute Gasteiger partial charge is 0.128 e. The summed E-state index contributed by atoms with van der Waals surface area (Å²) in [4.78, 5) is 9.43. The monoisotopic (exact) mass is 275 g/mol. The molecule has 110 valence electrons. The zero-order valence-corrected chi connectivity index (χ0v) is 12.2. The summed E-state index contributed by atoms with van der Waals surface area (Å²) in [5.74, 6) is 1.88. The second kappa shape index (κ2) is 6.55. The van der Waals surface area contributed by atoms with Gasteiger partial charge in [0.05, 0.1) is 6.61 Å². The van der Waals surface area contributed by atoms with Gasteiger partial charge in [0.1, 0.15) is 5.82 Å². The second-order valence-electron chi connectivity index (χ2n) is 6.12. The number of aliphatic hydroxyl groups is 1. The first-order valence-electron chi connectivity index (χ1n) is 7.88. The predicted molar refractivity (Wildman–Crippen MR) is 80.8 cm³/mol. The number of aliphatic hydroxyl groups excluding tert-OH is 1. The molecule has 0 aliphatic carbocycles. The van der Waals surface area contributed by atoms with Gasteiger partial charge < -0.3 is 14.9 Å². The highest BCUT2D eigenvalue weighted by atomic mass is 16.3. The average Bonchev–Trinajstić information content (AvgIpc) is 3.01. The highest BCUT2D eigenvalue weighted by Gasteiger charge is 2.23. The number of pyridine rings is 1. The Bertz CT molecular complexity index is 423. The summed E-state index contributed by atoms with van der Waals surface area (Å²) < 4.78 is 0. The van der Waals surface area contributed by atoms with Crippen molar-refractivity contribution >= 4 is 5.82 Å². The molecule has 0 radical (unpaired) electrons. The maximum absolute atomic E-state index is 9.21. The second-order valence-corrected chi connectivity index (χ2v) is 6.12. The fourth-order valence-corrected chi connectivity index (χ4v) is 3.41. The van der Waals surface area contributed by atoms with Crippen LogP contribution < -0.4 is 4.90 Å². The van der Waals surface area contributed by atoms with Crippen LogP contribution in [0.5, 0.6) is 0 Å². The summed E-state index contributed by atoms with van der Waals surface area (Å²) in [5, 5.41) is 9.21. The normalized spacial score (nSPS) is 21.6. The Morgan fingerprint density at radius 1 is 1.15 bits per heavy atom. The number of rotatable bonds is 4. The lowest BCUT2D eigenvalue weighted by Gasteiger charge is -2.34. The molecule has 0 amide bonds. The molecule has 1 N–H and O–H groups in total. The van der Waals surface area contributed by atoms with E-state index in [1.54, 1.807) is 6.20 Å². The van der Waals surface area contributed by atoms with Crippen LogP contribution in [0.4, 0.5) is 5.82 Å². The highest BCUT2D eigenvalue weighted by Crippen LogP contribution is 2.24. The molecule has 3 heterocycles. The summed E-state index contributed by atoms with van der Waals surface area (Å²) in [6.45, 7) is 6.19. The van der Waals surface area contributed by atoms with E-state index >= 15 is 0 Å². The third-order valence-electron chi connectivity index (χ3n) is 4.65. The lowest BCUT2D eigenvalue weighted by molar-refractivity contribution is 0.249. The van der Waals surface area contributed by atoms with E-state index in [1.165, 1.54) is 45.3 Å². The zero-order valence-electron chi connectivity index (χ0n) is 12.2. The fourth-order valence-electron chi connectivity index (χ4n) is 3.41. The number of likely N-dealkylation sites (tertiary alicyclic amines) is 1. The van der Waals surface area contributed by atoms with Crippen molar-refractivity contribution in [1.29, 1.82) is 0 Å². The van der Waals surface area contributed by atoms with E-state index in [4.69, 9.17) is 0 Å². The molecule has 2 aliphatic rings. The molecule has 4 heteroatoms. The van der Waals surface area contributed by atoms with E-state index in [9.17, 15) is 5.11 Å². The van der Waals surface area contributed by atoms with Crippen LogP contribution in [0, 0.1) is 5.92 Å². The molecule has 2 saturated heterocycles. The molecular formula is C16H25N3O. The molecule has 1 aromatic heterocycles. The van der Waals surface area contributed by atoms with Crippen molar-refractivity contribution in [3.63, 3.8) is 0 Å². The van der Waals surface area contributed by atoms with Crippen LogP contribution in [0.2, 0.25) is 0 Å². The fraction of sp³-hybridized carbons (Fsp3) is 0.688. The standard InChI is InChI=1S/C16H25N3O/c20-13-15-3-6-17-16(11-15)19-9-4-14(5-10-19)12-18-7-1-2-8-18/h3,6,11,14,20H,1-2,4-5,7-10,12-13H2. The topological polar surface area (TPSA) is 39.6 Å². The quantitative estimate of drug-likeness (QED) is 0.911. The molecule has 0 atom stereocenters. The summed E-state index contributed by atoms with van der Waals surface area (Å²) in [6, 6.07) is 3.89. The molecule has 0 bridgehead atoms. The largest absolute Gasteiger partial charge is 0.392 e. The number of piperidine rings is 1. The summed E-state index contributed by atoms with van der Waals surface area (Å²) in [7, 11) is 0. The molecule has 0 unspecified atom stereocenters. The van der Waals surface area contributed by atoms with Gasteiger partial charge in [-0.3, -0.25) is 0 Å². The van der Waals surface area contributed by atoms with Gasteiger partial charge in [-0.15, -0.1) is 0 Å². The molecule has 0 spiro atoms. The van der Waals surface area contributed by atoms with Crippen molar-refractivity contribution < 1.29 is 5.11 Å². The van der Waals surface area contributed by atoms with Gasteiger partial charge in [-0.25, -0.2) is 4.98 Å². The van der Waals surface area contributed by atoms with E-state index < -0.39 is 0 Å². The SMILES string of the molecule is OCc1ccnc(N2CCC(CN3CCCC3)CC2)c1. The zero-order chi connectivity index (χ0) is 13.8. The van der Waals surface area contributed by atoms with Crippen LogP contribution in [0.3, 0.4) is 0 Å². The molecular weight excluding hydrogens is 250 g/mol. The maximum Gasteiger partial charge on any atom is 0.128 e. The van der Waals surface area contributed by atoms with E-state index in [0.29, 0.717) is 0 Å². The molecule has 20 heavy (non-hydrogen) atoms. The number of aromatic nitrogens is 1. The molecule has 0 saturated carbocycles. The first-order chi connectivity index (χ1) is 9.85. The third kappa shape index (κ3) is 3.30. The van der Waals surface area contributed by atoms with E-state index in [1.807, 2.05) is 12.1 Å². The molecule has 2 fully saturated rings. The Morgan fingerprint density at radius 3 is 2.60 bits per heavy atom. The first-order valence-corrected chi connectivity index (χ1v) is 7.88. The van der Waals surface area contributed by atoms with Gasteiger partial charge in [0.25, 0.3) is 0 Å². The minimum absolute atomic E-state index is 0.0982. The molecule has 1 aromatic rings. The van der Waals surface area contributed by atoms with Crippen LogP contribution in [0.25, 0.3) is 0 Å². The van der Waals surface area contributed by atoms with Gasteiger partial charge in [-0.2, -0.15) is 0 Å². The number of nitrogens with zero attached hydrogens (tertiary/aromatic N) is 3. The Balaban J connectivity index is 1.52. The molecule has 2 aliphatic heterocycles. The minimum atomic E-state index is 0.0982. The van der Waals surface area contributed by atoms with Crippen LogP contribution in [0.1, 0.15) is 31.2 Å². The Labute approximate surface area is 121 Å². The van der Waals surface area contributed by atoms with Gasteiger partial charge in [0, 0.05) is 25.8 Å². The first kappa shape index (κ1) is 13.8. The van der Waals surface area contributed by atoms with Gasteiger partial charge in [0.15, 0.2) is 0 Å². The predicted octanol–water partition coefficient (Wildman–Crippen LogP) is 1.89. The number of hydrogen-bond acceptors (Lipinski definition) is 4. The van der Waals surface area contributed by atoms with E-state index in [2.05, 4.69) is 14.8 Å². The van der Waals surface area contributed by atoms with E-state index in [0.717, 1.165) is 30.4 Å². The Kier molecular flexibility index (Phi) is 4.53. The minimum Gasteiger partial charge on any atom is -0.392 e. The van der Waals surface area contributed by atoms with Gasteiger partial charge in [-0.05, 0) is 62.4 Å². The summed E-state index contributed by atoms with van der Waals surface area (Å²) in [5.41, 5.74) is 0.953. The van der Waals surface area contributed by atoms with Gasteiger partial charge in [-0.1, -0.05) is 0 Å². The summed E-state index contributed by atoms with van der Waals surface area (Å²) in [6.07, 6.45) is 7.10. The van der Waals surface area contributed by atoms with Crippen LogP contribution in [-0.4, -0.2) is 47.7 Å². The Morgan fingerprint density at radius 2 is 1.90 bits per heavy atom. The van der Waals surface area contributed by atoms with Crippen molar-refractivity contribution in [1.82, 2.24) is 9.88 Å². The Hall–Kier alpha value is -1.13.